The molecule has 0 amide bonds. The Kier molecular flexibility index (Phi) is 2.25. The van der Waals surface area contributed by atoms with E-state index in [2.05, 4.69) is 10.3 Å². The topological polar surface area (TPSA) is 68.1 Å². The predicted molar refractivity (Wildman–Crippen MR) is 57.2 cm³/mol. The summed E-state index contributed by atoms with van der Waals surface area (Å²) in [6.07, 6.45) is 5.89. The first kappa shape index (κ1) is 10.2. The van der Waals surface area contributed by atoms with Crippen molar-refractivity contribution in [1.82, 2.24) is 19.3 Å². The zero-order valence-corrected chi connectivity index (χ0v) is 9.68. The molecule has 1 saturated carbocycles. The van der Waals surface area contributed by atoms with Crippen LogP contribution < -0.4 is 0 Å². The van der Waals surface area contributed by atoms with Crippen molar-refractivity contribution in [3.05, 3.63) is 12.4 Å². The number of sulfonamides is 1. The Balaban J connectivity index is 1.74. The zero-order chi connectivity index (χ0) is 11.2. The summed E-state index contributed by atoms with van der Waals surface area (Å²) in [6, 6.07) is 0.149. The maximum atomic E-state index is 12.0. The lowest BCUT2D eigenvalue weighted by Gasteiger charge is -2.15. The maximum Gasteiger partial charge on any atom is 0.217 e. The second kappa shape index (κ2) is 3.53. The second-order valence-corrected chi connectivity index (χ2v) is 6.64. The minimum atomic E-state index is -3.02. The number of hydrogen-bond acceptors (Lipinski definition) is 4. The van der Waals surface area contributed by atoms with Crippen LogP contribution in [0.15, 0.2) is 12.4 Å². The molecule has 2 aliphatic rings. The summed E-state index contributed by atoms with van der Waals surface area (Å²) >= 11 is 0. The van der Waals surface area contributed by atoms with E-state index in [4.69, 9.17) is 0 Å². The molecule has 2 heterocycles. The van der Waals surface area contributed by atoms with E-state index in [1.54, 1.807) is 21.4 Å². The molecule has 0 bridgehead atoms. The molecule has 0 spiro atoms. The van der Waals surface area contributed by atoms with Gasteiger partial charge < -0.3 is 0 Å². The number of rotatable bonds is 3. The van der Waals surface area contributed by atoms with Gasteiger partial charge in [0.05, 0.1) is 17.5 Å². The summed E-state index contributed by atoms with van der Waals surface area (Å²) in [4.78, 5) is 0. The van der Waals surface area contributed by atoms with Gasteiger partial charge in [0.2, 0.25) is 10.0 Å². The third-order valence-corrected chi connectivity index (χ3v) is 5.61. The third-order valence-electron chi connectivity index (χ3n) is 3.25. The van der Waals surface area contributed by atoms with Crippen molar-refractivity contribution in [1.29, 1.82) is 0 Å². The molecule has 0 aromatic carbocycles. The van der Waals surface area contributed by atoms with Gasteiger partial charge in [-0.15, -0.1) is 5.10 Å². The number of hydrogen-bond donors (Lipinski definition) is 0. The first-order valence-electron chi connectivity index (χ1n) is 5.52. The quantitative estimate of drug-likeness (QED) is 0.749. The molecule has 1 atom stereocenters. The molecule has 6 nitrogen and oxygen atoms in total. The van der Waals surface area contributed by atoms with Crippen LogP contribution in [0.2, 0.25) is 0 Å². The Morgan fingerprint density at radius 2 is 2.06 bits per heavy atom. The molecule has 1 unspecified atom stereocenters. The third kappa shape index (κ3) is 1.63. The molecule has 16 heavy (non-hydrogen) atoms. The van der Waals surface area contributed by atoms with Crippen molar-refractivity contribution in [3.63, 3.8) is 0 Å². The van der Waals surface area contributed by atoms with Crippen molar-refractivity contribution in [2.45, 2.75) is 30.6 Å². The van der Waals surface area contributed by atoms with Gasteiger partial charge in [0.15, 0.2) is 0 Å². The van der Waals surface area contributed by atoms with Gasteiger partial charge >= 0.3 is 0 Å². The molecule has 1 aliphatic heterocycles. The summed E-state index contributed by atoms with van der Waals surface area (Å²) in [7, 11) is -3.02. The predicted octanol–water partition coefficient (Wildman–Crippen LogP) is 0.0171. The van der Waals surface area contributed by atoms with Gasteiger partial charge in [-0.2, -0.15) is 4.31 Å². The van der Waals surface area contributed by atoms with Crippen molar-refractivity contribution < 1.29 is 8.42 Å². The molecule has 2 fully saturated rings. The first-order chi connectivity index (χ1) is 7.68. The van der Waals surface area contributed by atoms with Crippen molar-refractivity contribution in [2.75, 3.05) is 13.1 Å². The van der Waals surface area contributed by atoms with Crippen LogP contribution in [0.4, 0.5) is 0 Å². The van der Waals surface area contributed by atoms with Gasteiger partial charge in [0.25, 0.3) is 0 Å². The van der Waals surface area contributed by atoms with Gasteiger partial charge in [-0.3, -0.25) is 0 Å². The van der Waals surface area contributed by atoms with E-state index in [0.29, 0.717) is 13.1 Å². The first-order valence-corrected chi connectivity index (χ1v) is 7.03. The summed E-state index contributed by atoms with van der Waals surface area (Å²) in [6.45, 7) is 1.16. The average Bonchev–Trinajstić information content (AvgIpc) is 2.82. The Morgan fingerprint density at radius 3 is 2.69 bits per heavy atom. The van der Waals surface area contributed by atoms with Crippen molar-refractivity contribution in [2.24, 2.45) is 0 Å². The average molecular weight is 242 g/mol. The molecular weight excluding hydrogens is 228 g/mol. The van der Waals surface area contributed by atoms with E-state index >= 15 is 0 Å². The minimum Gasteiger partial charge on any atom is -0.248 e. The van der Waals surface area contributed by atoms with Crippen LogP contribution in [-0.4, -0.2) is 46.1 Å². The van der Waals surface area contributed by atoms with Gasteiger partial charge in [-0.1, -0.05) is 5.21 Å². The van der Waals surface area contributed by atoms with Crippen molar-refractivity contribution in [3.8, 4) is 0 Å². The fourth-order valence-electron chi connectivity index (χ4n) is 2.15. The molecule has 7 heteroatoms. The zero-order valence-electron chi connectivity index (χ0n) is 8.86. The monoisotopic (exact) mass is 242 g/mol. The molecule has 1 aliphatic carbocycles. The molecular formula is C9H14N4O2S. The van der Waals surface area contributed by atoms with Crippen molar-refractivity contribution >= 4 is 10.0 Å². The summed E-state index contributed by atoms with van der Waals surface area (Å²) in [5, 5.41) is 7.56. The number of aromatic nitrogens is 3. The van der Waals surface area contributed by atoms with E-state index in [9.17, 15) is 8.42 Å². The second-order valence-electron chi connectivity index (χ2n) is 4.43. The molecule has 1 aromatic rings. The molecule has 0 N–H and O–H groups in total. The lowest BCUT2D eigenvalue weighted by molar-refractivity contribution is 0.428. The SMILES string of the molecule is O=S(=O)(C1CC1)N1CCC(n2ccnn2)C1. The van der Waals surface area contributed by atoms with E-state index < -0.39 is 10.0 Å². The highest BCUT2D eigenvalue weighted by Crippen LogP contribution is 2.34. The molecule has 3 rings (SSSR count). The smallest absolute Gasteiger partial charge is 0.217 e. The largest absolute Gasteiger partial charge is 0.248 e. The highest BCUT2D eigenvalue weighted by molar-refractivity contribution is 7.90. The summed E-state index contributed by atoms with van der Waals surface area (Å²) in [5.41, 5.74) is 0. The van der Waals surface area contributed by atoms with Crippen LogP contribution in [0, 0.1) is 0 Å². The molecule has 1 saturated heterocycles. The van der Waals surface area contributed by atoms with Gasteiger partial charge in [-0.25, -0.2) is 13.1 Å². The van der Waals surface area contributed by atoms with Crippen LogP contribution >= 0.6 is 0 Å². The van der Waals surface area contributed by atoms with Crippen LogP contribution in [0.25, 0.3) is 0 Å². The van der Waals surface area contributed by atoms with Crippen LogP contribution in [0.5, 0.6) is 0 Å². The maximum absolute atomic E-state index is 12.0. The summed E-state index contributed by atoms with van der Waals surface area (Å²) in [5.74, 6) is 0. The lowest BCUT2D eigenvalue weighted by Crippen LogP contribution is -2.32. The Bertz CT molecular complexity index is 466. The van der Waals surface area contributed by atoms with Crippen LogP contribution in [0.1, 0.15) is 25.3 Å². The van der Waals surface area contributed by atoms with Gasteiger partial charge in [0.1, 0.15) is 0 Å². The van der Waals surface area contributed by atoms with E-state index in [1.165, 1.54) is 0 Å². The Morgan fingerprint density at radius 1 is 1.25 bits per heavy atom. The molecule has 1 aromatic heterocycles. The van der Waals surface area contributed by atoms with Crippen LogP contribution in [-0.2, 0) is 10.0 Å². The summed E-state index contributed by atoms with van der Waals surface area (Å²) < 4.78 is 27.3. The van der Waals surface area contributed by atoms with Gasteiger partial charge in [0, 0.05) is 19.3 Å². The normalized spacial score (nSPS) is 27.4. The minimum absolute atomic E-state index is 0.109. The Labute approximate surface area is 94.3 Å². The molecule has 88 valence electrons. The van der Waals surface area contributed by atoms with E-state index in [-0.39, 0.29) is 11.3 Å². The fourth-order valence-corrected chi connectivity index (χ4v) is 4.04. The lowest BCUT2D eigenvalue weighted by atomic mass is 10.3. The molecule has 0 radical (unpaired) electrons. The highest BCUT2D eigenvalue weighted by atomic mass is 32.2. The Hall–Kier alpha value is -0.950. The highest BCUT2D eigenvalue weighted by Gasteiger charge is 2.43. The van der Waals surface area contributed by atoms with Gasteiger partial charge in [-0.05, 0) is 19.3 Å². The fraction of sp³-hybridized carbons (Fsp3) is 0.778. The standard InChI is InChI=1S/C9H14N4O2S/c14-16(15,9-1-2-9)12-5-3-8(7-12)13-6-4-10-11-13/h4,6,8-9H,1-3,5,7H2. The number of nitrogens with zero attached hydrogens (tertiary/aromatic N) is 4. The van der Waals surface area contributed by atoms with E-state index in [1.807, 2.05) is 0 Å². The van der Waals surface area contributed by atoms with Crippen LogP contribution in [0.3, 0.4) is 0 Å². The van der Waals surface area contributed by atoms with E-state index in [0.717, 1.165) is 19.3 Å².